The lowest BCUT2D eigenvalue weighted by Crippen LogP contribution is -2.48. The maximum absolute atomic E-state index is 12.7. The van der Waals surface area contributed by atoms with E-state index in [1.807, 2.05) is 23.1 Å². The monoisotopic (exact) mass is 369 g/mol. The molecule has 8 heteroatoms. The van der Waals surface area contributed by atoms with E-state index in [1.165, 1.54) is 10.3 Å². The Kier molecular flexibility index (Phi) is 4.57. The Morgan fingerprint density at radius 3 is 2.37 bits per heavy atom. The van der Waals surface area contributed by atoms with Crippen LogP contribution in [0.4, 0.5) is 11.5 Å². The zero-order valence-electron chi connectivity index (χ0n) is 15.1. The summed E-state index contributed by atoms with van der Waals surface area (Å²) in [4.78, 5) is 43.4. The van der Waals surface area contributed by atoms with Gasteiger partial charge in [-0.2, -0.15) is 0 Å². The van der Waals surface area contributed by atoms with Crippen molar-refractivity contribution in [3.63, 3.8) is 0 Å². The molecule has 0 amide bonds. The number of piperazine rings is 1. The van der Waals surface area contributed by atoms with Crippen molar-refractivity contribution in [2.75, 3.05) is 43.4 Å². The molecule has 2 fully saturated rings. The van der Waals surface area contributed by atoms with Gasteiger partial charge in [-0.1, -0.05) is 18.2 Å². The predicted molar refractivity (Wildman–Crippen MR) is 103 cm³/mol. The van der Waals surface area contributed by atoms with E-state index < -0.39 is 11.2 Å². The molecule has 1 aromatic carbocycles. The molecular weight excluding hydrogens is 346 g/mol. The molecule has 0 radical (unpaired) electrons. The van der Waals surface area contributed by atoms with Gasteiger partial charge in [-0.15, -0.1) is 0 Å². The van der Waals surface area contributed by atoms with Gasteiger partial charge < -0.3 is 10.6 Å². The van der Waals surface area contributed by atoms with Crippen LogP contribution in [0.1, 0.15) is 29.2 Å². The van der Waals surface area contributed by atoms with Crippen molar-refractivity contribution in [2.45, 2.75) is 18.9 Å². The summed E-state index contributed by atoms with van der Waals surface area (Å²) in [6.07, 6.45) is 1.68. The molecule has 1 saturated carbocycles. The van der Waals surface area contributed by atoms with Crippen LogP contribution in [-0.4, -0.2) is 53.0 Å². The highest BCUT2D eigenvalue weighted by Crippen LogP contribution is 2.35. The standard InChI is InChI=1S/C19H23N5O3/c20-17-16(18(26)21-19(27)24(17)14-6-7-14)15(25)12-22-8-10-23(11-9-22)13-4-2-1-3-5-13/h1-5,14H,6-12,20H2,(H,21,26,27). The average molecular weight is 369 g/mol. The van der Waals surface area contributed by atoms with Crippen molar-refractivity contribution in [2.24, 2.45) is 0 Å². The van der Waals surface area contributed by atoms with Crippen molar-refractivity contribution in [3.05, 3.63) is 56.7 Å². The summed E-state index contributed by atoms with van der Waals surface area (Å²) < 4.78 is 1.35. The van der Waals surface area contributed by atoms with E-state index in [9.17, 15) is 14.4 Å². The number of benzene rings is 1. The Morgan fingerprint density at radius 1 is 1.07 bits per heavy atom. The van der Waals surface area contributed by atoms with Crippen LogP contribution >= 0.6 is 0 Å². The molecule has 1 saturated heterocycles. The third kappa shape index (κ3) is 3.52. The van der Waals surface area contributed by atoms with Crippen LogP contribution in [0.2, 0.25) is 0 Å². The van der Waals surface area contributed by atoms with Gasteiger partial charge in [0.25, 0.3) is 5.56 Å². The lowest BCUT2D eigenvalue weighted by atomic mass is 10.1. The van der Waals surface area contributed by atoms with Gasteiger partial charge in [-0.05, 0) is 25.0 Å². The van der Waals surface area contributed by atoms with Gasteiger partial charge >= 0.3 is 5.69 Å². The first-order valence-electron chi connectivity index (χ1n) is 9.24. The van der Waals surface area contributed by atoms with Crippen molar-refractivity contribution < 1.29 is 4.79 Å². The highest BCUT2D eigenvalue weighted by Gasteiger charge is 2.30. The molecule has 0 unspecified atom stereocenters. The second-order valence-corrected chi connectivity index (χ2v) is 7.14. The zero-order chi connectivity index (χ0) is 19.0. The molecule has 1 aromatic heterocycles. The summed E-state index contributed by atoms with van der Waals surface area (Å²) >= 11 is 0. The van der Waals surface area contributed by atoms with E-state index in [4.69, 9.17) is 5.73 Å². The summed E-state index contributed by atoms with van der Waals surface area (Å²) in [5, 5.41) is 0. The molecule has 2 aliphatic rings. The van der Waals surface area contributed by atoms with Crippen LogP contribution in [0.25, 0.3) is 0 Å². The number of nitrogens with zero attached hydrogens (tertiary/aromatic N) is 3. The average Bonchev–Trinajstić information content (AvgIpc) is 3.47. The molecule has 8 nitrogen and oxygen atoms in total. The lowest BCUT2D eigenvalue weighted by Gasteiger charge is -2.35. The molecule has 3 N–H and O–H groups in total. The van der Waals surface area contributed by atoms with Crippen LogP contribution < -0.4 is 21.9 Å². The van der Waals surface area contributed by atoms with Crippen LogP contribution in [0.3, 0.4) is 0 Å². The quantitative estimate of drug-likeness (QED) is 0.742. The molecule has 4 rings (SSSR count). The fourth-order valence-electron chi connectivity index (χ4n) is 3.62. The minimum atomic E-state index is -0.692. The first-order chi connectivity index (χ1) is 13.0. The van der Waals surface area contributed by atoms with E-state index in [-0.39, 0.29) is 29.8 Å². The summed E-state index contributed by atoms with van der Waals surface area (Å²) in [5.41, 5.74) is 5.88. The number of aromatic amines is 1. The third-order valence-electron chi connectivity index (χ3n) is 5.23. The van der Waals surface area contributed by atoms with Gasteiger partial charge in [0.05, 0.1) is 6.54 Å². The number of carbonyl (C=O) groups excluding carboxylic acids is 1. The Hall–Kier alpha value is -2.87. The van der Waals surface area contributed by atoms with Crippen molar-refractivity contribution >= 4 is 17.3 Å². The van der Waals surface area contributed by atoms with Gasteiger partial charge in [0, 0.05) is 37.9 Å². The topological polar surface area (TPSA) is 104 Å². The summed E-state index contributed by atoms with van der Waals surface area (Å²) in [6, 6.07) is 10.1. The molecule has 2 aromatic rings. The van der Waals surface area contributed by atoms with Gasteiger partial charge in [0.1, 0.15) is 11.4 Å². The lowest BCUT2D eigenvalue weighted by molar-refractivity contribution is 0.0925. The molecule has 142 valence electrons. The Labute approximate surface area is 156 Å². The highest BCUT2D eigenvalue weighted by atomic mass is 16.2. The van der Waals surface area contributed by atoms with E-state index in [0.29, 0.717) is 0 Å². The number of hydrogen-bond donors (Lipinski definition) is 2. The number of Topliss-reactive ketones (excluding diaryl/α,β-unsaturated/α-hetero) is 1. The smallest absolute Gasteiger partial charge is 0.330 e. The van der Waals surface area contributed by atoms with E-state index in [2.05, 4.69) is 22.0 Å². The summed E-state index contributed by atoms with van der Waals surface area (Å²) in [7, 11) is 0. The highest BCUT2D eigenvalue weighted by molar-refractivity contribution is 6.01. The number of rotatable bonds is 5. The zero-order valence-corrected chi connectivity index (χ0v) is 15.1. The minimum Gasteiger partial charge on any atom is -0.384 e. The number of nitrogens with one attached hydrogen (secondary N) is 1. The number of carbonyl (C=O) groups is 1. The molecule has 0 bridgehead atoms. The van der Waals surface area contributed by atoms with Gasteiger partial charge in [-0.25, -0.2) is 4.79 Å². The molecular formula is C19H23N5O3. The number of H-pyrrole nitrogens is 1. The number of hydrogen-bond acceptors (Lipinski definition) is 6. The van der Waals surface area contributed by atoms with Crippen molar-refractivity contribution in [3.8, 4) is 0 Å². The van der Waals surface area contributed by atoms with Crippen LogP contribution in [0, 0.1) is 0 Å². The number of aromatic nitrogens is 2. The van der Waals surface area contributed by atoms with E-state index in [1.54, 1.807) is 0 Å². The summed E-state index contributed by atoms with van der Waals surface area (Å²) in [5.74, 6) is -0.338. The third-order valence-corrected chi connectivity index (χ3v) is 5.23. The largest absolute Gasteiger partial charge is 0.384 e. The molecule has 27 heavy (non-hydrogen) atoms. The maximum Gasteiger partial charge on any atom is 0.330 e. The second kappa shape index (κ2) is 7.03. The fraction of sp³-hybridized carbons (Fsp3) is 0.421. The normalized spacial score (nSPS) is 17.9. The predicted octanol–water partition coefficient (Wildman–Crippen LogP) is 0.459. The molecule has 0 spiro atoms. The Bertz CT molecular complexity index is 954. The minimum absolute atomic E-state index is 0.000767. The van der Waals surface area contributed by atoms with Crippen LogP contribution in [0.5, 0.6) is 0 Å². The van der Waals surface area contributed by atoms with Crippen LogP contribution in [0.15, 0.2) is 39.9 Å². The number of para-hydroxylation sites is 1. The molecule has 1 aliphatic heterocycles. The van der Waals surface area contributed by atoms with Crippen molar-refractivity contribution in [1.29, 1.82) is 0 Å². The molecule has 0 atom stereocenters. The molecule has 1 aliphatic carbocycles. The second-order valence-electron chi connectivity index (χ2n) is 7.14. The van der Waals surface area contributed by atoms with E-state index in [0.717, 1.165) is 39.0 Å². The van der Waals surface area contributed by atoms with E-state index >= 15 is 0 Å². The van der Waals surface area contributed by atoms with Gasteiger partial charge in [0.15, 0.2) is 5.78 Å². The Morgan fingerprint density at radius 2 is 1.74 bits per heavy atom. The Balaban J connectivity index is 1.45. The number of ketones is 1. The SMILES string of the molecule is Nc1c(C(=O)CN2CCN(c3ccccc3)CC2)c(=O)[nH]c(=O)n1C1CC1. The fourth-order valence-corrected chi connectivity index (χ4v) is 3.62. The number of nitrogens with two attached hydrogens (primary N) is 1. The summed E-state index contributed by atoms with van der Waals surface area (Å²) in [6.45, 7) is 3.19. The first-order valence-corrected chi connectivity index (χ1v) is 9.24. The number of nitrogen functional groups attached to an aromatic ring is 1. The first kappa shape index (κ1) is 17.5. The van der Waals surface area contributed by atoms with Crippen molar-refractivity contribution in [1.82, 2.24) is 14.5 Å². The van der Waals surface area contributed by atoms with Crippen LogP contribution in [-0.2, 0) is 0 Å². The number of anilines is 2. The molecule has 2 heterocycles. The maximum atomic E-state index is 12.7. The van der Waals surface area contributed by atoms with Gasteiger partial charge in [-0.3, -0.25) is 24.0 Å². The van der Waals surface area contributed by atoms with Gasteiger partial charge in [0.2, 0.25) is 0 Å².